The van der Waals surface area contributed by atoms with Gasteiger partial charge in [0.2, 0.25) is 0 Å². The van der Waals surface area contributed by atoms with Gasteiger partial charge in [0, 0.05) is 41.6 Å². The van der Waals surface area contributed by atoms with Crippen LogP contribution in [-0.4, -0.2) is 30.2 Å². The monoisotopic (exact) mass is 341 g/mol. The Morgan fingerprint density at radius 2 is 2.32 bits per heavy atom. The minimum atomic E-state index is 0.0545. The Morgan fingerprint density at radius 1 is 1.47 bits per heavy atom. The molecule has 2 aromatic heterocycles. The SMILES string of the molecule is COCCNC(c1cncc(Br)c1)c1nc(C)cs1. The van der Waals surface area contributed by atoms with E-state index >= 15 is 0 Å². The average molecular weight is 342 g/mol. The zero-order valence-corrected chi connectivity index (χ0v) is 13.3. The number of halogens is 1. The molecule has 0 saturated carbocycles. The summed E-state index contributed by atoms with van der Waals surface area (Å²) in [6, 6.07) is 2.12. The molecule has 0 aliphatic rings. The minimum absolute atomic E-state index is 0.0545. The molecule has 0 aromatic carbocycles. The van der Waals surface area contributed by atoms with E-state index in [1.165, 1.54) is 0 Å². The molecule has 2 heterocycles. The molecule has 0 saturated heterocycles. The van der Waals surface area contributed by atoms with Gasteiger partial charge in [-0.05, 0) is 34.5 Å². The average Bonchev–Trinajstić information content (AvgIpc) is 2.81. The molecule has 102 valence electrons. The van der Waals surface area contributed by atoms with Crippen molar-refractivity contribution in [1.29, 1.82) is 0 Å². The number of methoxy groups -OCH3 is 1. The summed E-state index contributed by atoms with van der Waals surface area (Å²) in [5, 5.41) is 6.57. The number of nitrogens with zero attached hydrogens (tertiary/aromatic N) is 2. The van der Waals surface area contributed by atoms with Crippen LogP contribution in [0.5, 0.6) is 0 Å². The van der Waals surface area contributed by atoms with Crippen molar-refractivity contribution in [3.8, 4) is 0 Å². The van der Waals surface area contributed by atoms with Crippen molar-refractivity contribution in [3.05, 3.63) is 44.6 Å². The van der Waals surface area contributed by atoms with Crippen molar-refractivity contribution in [1.82, 2.24) is 15.3 Å². The van der Waals surface area contributed by atoms with Crippen LogP contribution in [0.3, 0.4) is 0 Å². The number of aromatic nitrogens is 2. The van der Waals surface area contributed by atoms with Crippen LogP contribution < -0.4 is 5.32 Å². The standard InChI is InChI=1S/C13H16BrN3OS/c1-9-8-19-13(17-9)12(16-3-4-18-2)10-5-11(14)7-15-6-10/h5-8,12,16H,3-4H2,1-2H3. The largest absolute Gasteiger partial charge is 0.383 e. The summed E-state index contributed by atoms with van der Waals surface area (Å²) in [7, 11) is 1.70. The predicted octanol–water partition coefficient (Wildman–Crippen LogP) is 2.93. The van der Waals surface area contributed by atoms with Gasteiger partial charge in [-0.1, -0.05) is 0 Å². The van der Waals surface area contributed by atoms with Crippen molar-refractivity contribution < 1.29 is 4.74 Å². The highest BCUT2D eigenvalue weighted by molar-refractivity contribution is 9.10. The highest BCUT2D eigenvalue weighted by atomic mass is 79.9. The molecule has 0 spiro atoms. The molecule has 0 fully saturated rings. The van der Waals surface area contributed by atoms with Gasteiger partial charge in [0.05, 0.1) is 12.6 Å². The lowest BCUT2D eigenvalue weighted by molar-refractivity contribution is 0.197. The molecule has 6 heteroatoms. The number of aryl methyl sites for hydroxylation is 1. The van der Waals surface area contributed by atoms with Crippen LogP contribution in [0.4, 0.5) is 0 Å². The minimum Gasteiger partial charge on any atom is -0.383 e. The van der Waals surface area contributed by atoms with Gasteiger partial charge in [-0.2, -0.15) is 0 Å². The summed E-state index contributed by atoms with van der Waals surface area (Å²) in [5.74, 6) is 0. The van der Waals surface area contributed by atoms with Gasteiger partial charge in [0.15, 0.2) is 0 Å². The van der Waals surface area contributed by atoms with E-state index in [1.54, 1.807) is 24.6 Å². The molecule has 0 radical (unpaired) electrons. The van der Waals surface area contributed by atoms with Gasteiger partial charge >= 0.3 is 0 Å². The number of pyridine rings is 1. The molecule has 2 aromatic rings. The normalized spacial score (nSPS) is 12.6. The fraction of sp³-hybridized carbons (Fsp3) is 0.385. The van der Waals surface area contributed by atoms with Gasteiger partial charge in [0.25, 0.3) is 0 Å². The number of ether oxygens (including phenoxy) is 1. The zero-order chi connectivity index (χ0) is 13.7. The second kappa shape index (κ2) is 7.09. The van der Waals surface area contributed by atoms with E-state index in [0.717, 1.165) is 27.3 Å². The molecular formula is C13H16BrN3OS. The third kappa shape index (κ3) is 4.07. The van der Waals surface area contributed by atoms with E-state index in [1.807, 2.05) is 13.1 Å². The highest BCUT2D eigenvalue weighted by Gasteiger charge is 2.17. The van der Waals surface area contributed by atoms with Crippen LogP contribution in [0.15, 0.2) is 28.3 Å². The first kappa shape index (κ1) is 14.6. The lowest BCUT2D eigenvalue weighted by atomic mass is 10.1. The Labute approximate surface area is 125 Å². The fourth-order valence-corrected chi connectivity index (χ4v) is 3.02. The Kier molecular flexibility index (Phi) is 5.45. The van der Waals surface area contributed by atoms with Crippen LogP contribution >= 0.6 is 27.3 Å². The van der Waals surface area contributed by atoms with Crippen molar-refractivity contribution in [2.45, 2.75) is 13.0 Å². The Balaban J connectivity index is 2.23. The third-order valence-electron chi connectivity index (χ3n) is 2.60. The quantitative estimate of drug-likeness (QED) is 0.820. The maximum Gasteiger partial charge on any atom is 0.114 e. The second-order valence-electron chi connectivity index (χ2n) is 4.14. The highest BCUT2D eigenvalue weighted by Crippen LogP contribution is 2.26. The number of thiazole rings is 1. The Hall–Kier alpha value is -0.820. The summed E-state index contributed by atoms with van der Waals surface area (Å²) in [4.78, 5) is 8.79. The van der Waals surface area contributed by atoms with Crippen LogP contribution in [0.1, 0.15) is 22.3 Å². The Morgan fingerprint density at radius 3 is 2.95 bits per heavy atom. The first-order valence-corrected chi connectivity index (χ1v) is 7.62. The van der Waals surface area contributed by atoms with E-state index in [-0.39, 0.29) is 6.04 Å². The van der Waals surface area contributed by atoms with E-state index in [0.29, 0.717) is 6.61 Å². The summed E-state index contributed by atoms with van der Waals surface area (Å²) < 4.78 is 6.06. The Bertz CT molecular complexity index is 532. The van der Waals surface area contributed by atoms with Crippen LogP contribution in [0.2, 0.25) is 0 Å². The topological polar surface area (TPSA) is 47.0 Å². The van der Waals surface area contributed by atoms with Crippen LogP contribution in [0, 0.1) is 6.92 Å². The molecule has 2 rings (SSSR count). The number of rotatable bonds is 6. The molecule has 1 unspecified atom stereocenters. The first-order chi connectivity index (χ1) is 9.20. The number of nitrogens with one attached hydrogen (secondary N) is 1. The number of hydrogen-bond acceptors (Lipinski definition) is 5. The molecule has 0 bridgehead atoms. The first-order valence-electron chi connectivity index (χ1n) is 5.95. The summed E-state index contributed by atoms with van der Waals surface area (Å²) in [5.41, 5.74) is 2.14. The van der Waals surface area contributed by atoms with Crippen molar-refractivity contribution >= 4 is 27.3 Å². The lowest BCUT2D eigenvalue weighted by Gasteiger charge is -2.16. The summed E-state index contributed by atoms with van der Waals surface area (Å²) >= 11 is 5.12. The second-order valence-corrected chi connectivity index (χ2v) is 5.95. The maximum absolute atomic E-state index is 5.09. The predicted molar refractivity (Wildman–Crippen MR) is 80.5 cm³/mol. The van der Waals surface area contributed by atoms with Gasteiger partial charge in [-0.3, -0.25) is 4.98 Å². The van der Waals surface area contributed by atoms with Gasteiger partial charge in [0.1, 0.15) is 5.01 Å². The fourth-order valence-electron chi connectivity index (χ4n) is 1.74. The van der Waals surface area contributed by atoms with Crippen LogP contribution in [-0.2, 0) is 4.74 Å². The molecule has 0 amide bonds. The molecule has 1 N–H and O–H groups in total. The van der Waals surface area contributed by atoms with E-state index in [2.05, 4.69) is 42.7 Å². The maximum atomic E-state index is 5.09. The van der Waals surface area contributed by atoms with Crippen molar-refractivity contribution in [2.75, 3.05) is 20.3 Å². The van der Waals surface area contributed by atoms with E-state index < -0.39 is 0 Å². The molecule has 1 atom stereocenters. The van der Waals surface area contributed by atoms with E-state index in [4.69, 9.17) is 4.74 Å². The zero-order valence-electron chi connectivity index (χ0n) is 10.9. The van der Waals surface area contributed by atoms with Gasteiger partial charge < -0.3 is 10.1 Å². The molecule has 0 aliphatic heterocycles. The van der Waals surface area contributed by atoms with Gasteiger partial charge in [-0.25, -0.2) is 4.98 Å². The third-order valence-corrected chi connectivity index (χ3v) is 4.06. The molecule has 19 heavy (non-hydrogen) atoms. The molecular weight excluding hydrogens is 326 g/mol. The van der Waals surface area contributed by atoms with Crippen molar-refractivity contribution in [3.63, 3.8) is 0 Å². The molecule has 0 aliphatic carbocycles. The van der Waals surface area contributed by atoms with Crippen LogP contribution in [0.25, 0.3) is 0 Å². The smallest absolute Gasteiger partial charge is 0.114 e. The summed E-state index contributed by atoms with van der Waals surface area (Å²) in [6.07, 6.45) is 3.65. The lowest BCUT2D eigenvalue weighted by Crippen LogP contribution is -2.26. The molecule has 4 nitrogen and oxygen atoms in total. The number of hydrogen-bond donors (Lipinski definition) is 1. The van der Waals surface area contributed by atoms with Gasteiger partial charge in [-0.15, -0.1) is 11.3 Å². The summed E-state index contributed by atoms with van der Waals surface area (Å²) in [6.45, 7) is 3.44. The van der Waals surface area contributed by atoms with Crippen molar-refractivity contribution in [2.24, 2.45) is 0 Å². The van der Waals surface area contributed by atoms with E-state index in [9.17, 15) is 0 Å².